The predicted octanol–water partition coefficient (Wildman–Crippen LogP) is 4.42. The van der Waals surface area contributed by atoms with Crippen molar-refractivity contribution in [1.29, 1.82) is 0 Å². The van der Waals surface area contributed by atoms with Gasteiger partial charge in [-0.15, -0.1) is 6.42 Å². The number of anilines is 3. The number of amides is 1. The smallest absolute Gasteiger partial charge is 0.250 e. The second-order valence-corrected chi connectivity index (χ2v) is 7.31. The molecule has 0 atom stereocenters. The summed E-state index contributed by atoms with van der Waals surface area (Å²) >= 11 is 3.31. The summed E-state index contributed by atoms with van der Waals surface area (Å²) in [6.45, 7) is 1.12. The zero-order chi connectivity index (χ0) is 20.9. The van der Waals surface area contributed by atoms with Crippen molar-refractivity contribution in [1.82, 2.24) is 9.97 Å². The standard InChI is InChI=1S/C23H19BrN4O2/c1-2-16-6-3-7-17(12-16)27-23-18-13-20-21(14-19(18)25-15-26-23)30-11-5-10-28(20)22(29)8-4-9-24/h1,3-4,6-8,12-15H,5,9-11H2,(H,25,26,27). The lowest BCUT2D eigenvalue weighted by atomic mass is 10.1. The molecule has 4 rings (SSSR count). The third-order valence-corrected chi connectivity index (χ3v) is 5.07. The number of rotatable bonds is 4. The van der Waals surface area contributed by atoms with Crippen molar-refractivity contribution in [2.75, 3.05) is 28.7 Å². The van der Waals surface area contributed by atoms with Gasteiger partial charge >= 0.3 is 0 Å². The molecule has 0 aliphatic carbocycles. The van der Waals surface area contributed by atoms with Crippen molar-refractivity contribution >= 4 is 49.9 Å². The number of carbonyl (C=O) groups is 1. The van der Waals surface area contributed by atoms with Crippen molar-refractivity contribution in [3.63, 3.8) is 0 Å². The molecule has 1 aliphatic rings. The van der Waals surface area contributed by atoms with Crippen LogP contribution < -0.4 is 15.0 Å². The predicted molar refractivity (Wildman–Crippen MR) is 123 cm³/mol. The van der Waals surface area contributed by atoms with E-state index in [9.17, 15) is 4.79 Å². The van der Waals surface area contributed by atoms with E-state index in [1.54, 1.807) is 17.1 Å². The minimum Gasteiger partial charge on any atom is -0.491 e. The monoisotopic (exact) mass is 462 g/mol. The molecule has 0 unspecified atom stereocenters. The fourth-order valence-corrected chi connectivity index (χ4v) is 3.50. The second-order valence-electron chi connectivity index (χ2n) is 6.66. The fraction of sp³-hybridized carbons (Fsp3) is 0.174. The van der Waals surface area contributed by atoms with Crippen LogP contribution in [0, 0.1) is 12.3 Å². The molecule has 1 amide bonds. The summed E-state index contributed by atoms with van der Waals surface area (Å²) in [7, 11) is 0. The van der Waals surface area contributed by atoms with Gasteiger partial charge in [0.05, 0.1) is 17.8 Å². The molecule has 0 saturated carbocycles. The molecule has 6 nitrogen and oxygen atoms in total. The maximum atomic E-state index is 12.8. The number of ether oxygens (including phenoxy) is 1. The van der Waals surface area contributed by atoms with E-state index in [0.717, 1.165) is 28.6 Å². The van der Waals surface area contributed by atoms with Gasteiger partial charge < -0.3 is 15.0 Å². The molecule has 1 aliphatic heterocycles. The summed E-state index contributed by atoms with van der Waals surface area (Å²) < 4.78 is 5.90. The topological polar surface area (TPSA) is 67.4 Å². The molecule has 1 N–H and O–H groups in total. The Morgan fingerprint density at radius 1 is 1.33 bits per heavy atom. The van der Waals surface area contributed by atoms with Gasteiger partial charge in [-0.3, -0.25) is 4.79 Å². The molecule has 0 saturated heterocycles. The van der Waals surface area contributed by atoms with E-state index in [0.29, 0.717) is 35.7 Å². The summed E-state index contributed by atoms with van der Waals surface area (Å²) in [6.07, 6.45) is 11.1. The van der Waals surface area contributed by atoms with Gasteiger partial charge in [0.1, 0.15) is 17.9 Å². The molecule has 2 aromatic carbocycles. The number of nitrogens with zero attached hydrogens (tertiary/aromatic N) is 3. The highest BCUT2D eigenvalue weighted by atomic mass is 79.9. The molecule has 0 fully saturated rings. The number of fused-ring (bicyclic) bond motifs is 2. The average Bonchev–Trinajstić information content (AvgIpc) is 2.98. The van der Waals surface area contributed by atoms with Gasteiger partial charge in [-0.2, -0.15) is 0 Å². The highest BCUT2D eigenvalue weighted by molar-refractivity contribution is 9.09. The van der Waals surface area contributed by atoms with Crippen LogP contribution in [0.15, 0.2) is 54.9 Å². The SMILES string of the molecule is C#Cc1cccc(Nc2ncnc3cc4c(cc23)N(C(=O)C=CCBr)CCCO4)c1. The number of hydrogen-bond acceptors (Lipinski definition) is 5. The van der Waals surface area contributed by atoms with E-state index < -0.39 is 0 Å². The number of benzene rings is 2. The minimum absolute atomic E-state index is 0.0892. The van der Waals surface area contributed by atoms with Crippen LogP contribution >= 0.6 is 15.9 Å². The average molecular weight is 463 g/mol. The Bertz CT molecular complexity index is 1170. The number of nitrogens with one attached hydrogen (secondary N) is 1. The quantitative estimate of drug-likeness (QED) is 0.353. The number of allylic oxidation sites excluding steroid dienone is 1. The van der Waals surface area contributed by atoms with E-state index in [1.165, 1.54) is 6.33 Å². The van der Waals surface area contributed by atoms with Gasteiger partial charge in [0.2, 0.25) is 0 Å². The van der Waals surface area contributed by atoms with Crippen LogP contribution in [0.3, 0.4) is 0 Å². The first-order valence-electron chi connectivity index (χ1n) is 9.49. The van der Waals surface area contributed by atoms with Crippen LogP contribution in [-0.4, -0.2) is 34.4 Å². The van der Waals surface area contributed by atoms with Crippen LogP contribution in [0.5, 0.6) is 5.75 Å². The van der Waals surface area contributed by atoms with Crippen molar-refractivity contribution in [2.45, 2.75) is 6.42 Å². The Balaban J connectivity index is 1.79. The van der Waals surface area contributed by atoms with Gasteiger partial charge in [-0.05, 0) is 30.7 Å². The normalized spacial score (nSPS) is 13.4. The van der Waals surface area contributed by atoms with Crippen LogP contribution in [0.2, 0.25) is 0 Å². The molecule has 0 bridgehead atoms. The number of terminal acetylenes is 1. The van der Waals surface area contributed by atoms with Crippen LogP contribution in [-0.2, 0) is 4.79 Å². The Morgan fingerprint density at radius 3 is 3.07 bits per heavy atom. The molecule has 0 radical (unpaired) electrons. The Labute approximate surface area is 183 Å². The lowest BCUT2D eigenvalue weighted by molar-refractivity contribution is -0.114. The van der Waals surface area contributed by atoms with Crippen LogP contribution in [0.1, 0.15) is 12.0 Å². The molecule has 3 aromatic rings. The molecule has 30 heavy (non-hydrogen) atoms. The highest BCUT2D eigenvalue weighted by Crippen LogP contribution is 2.37. The lowest BCUT2D eigenvalue weighted by Crippen LogP contribution is -2.29. The van der Waals surface area contributed by atoms with E-state index in [1.807, 2.05) is 36.4 Å². The highest BCUT2D eigenvalue weighted by Gasteiger charge is 2.22. The van der Waals surface area contributed by atoms with Crippen LogP contribution in [0.4, 0.5) is 17.2 Å². The van der Waals surface area contributed by atoms with Gasteiger partial charge in [0, 0.05) is 40.7 Å². The van der Waals surface area contributed by atoms with Gasteiger partial charge in [-0.25, -0.2) is 9.97 Å². The number of carbonyl (C=O) groups excluding carboxylic acids is 1. The molecule has 7 heteroatoms. The van der Waals surface area contributed by atoms with E-state index >= 15 is 0 Å². The van der Waals surface area contributed by atoms with E-state index in [4.69, 9.17) is 11.2 Å². The van der Waals surface area contributed by atoms with Crippen molar-refractivity contribution in [3.8, 4) is 18.1 Å². The Hall–Kier alpha value is -3.37. The molecular formula is C23H19BrN4O2. The summed E-state index contributed by atoms with van der Waals surface area (Å²) in [4.78, 5) is 23.3. The number of alkyl halides is 1. The Morgan fingerprint density at radius 2 is 2.23 bits per heavy atom. The first-order chi connectivity index (χ1) is 14.7. The summed E-state index contributed by atoms with van der Waals surface area (Å²) in [5.74, 6) is 3.81. The second kappa shape index (κ2) is 8.97. The summed E-state index contributed by atoms with van der Waals surface area (Å²) in [6, 6.07) is 11.3. The van der Waals surface area contributed by atoms with Gasteiger partial charge in [-0.1, -0.05) is 34.0 Å². The number of hydrogen-bond donors (Lipinski definition) is 1. The molecular weight excluding hydrogens is 444 g/mol. The fourth-order valence-electron chi connectivity index (χ4n) is 3.31. The maximum absolute atomic E-state index is 12.8. The third kappa shape index (κ3) is 4.14. The molecule has 0 spiro atoms. The Kier molecular flexibility index (Phi) is 5.96. The lowest BCUT2D eigenvalue weighted by Gasteiger charge is -2.21. The first-order valence-corrected chi connectivity index (χ1v) is 10.6. The van der Waals surface area contributed by atoms with Crippen molar-refractivity contribution in [2.24, 2.45) is 0 Å². The summed E-state index contributed by atoms with van der Waals surface area (Å²) in [5, 5.41) is 4.72. The first kappa shape index (κ1) is 19.9. The van der Waals surface area contributed by atoms with Crippen molar-refractivity contribution in [3.05, 3.63) is 60.4 Å². The summed E-state index contributed by atoms with van der Waals surface area (Å²) in [5.41, 5.74) is 3.03. The largest absolute Gasteiger partial charge is 0.491 e. The maximum Gasteiger partial charge on any atom is 0.250 e. The van der Waals surface area contributed by atoms with Gasteiger partial charge in [0.25, 0.3) is 5.91 Å². The number of aromatic nitrogens is 2. The zero-order valence-electron chi connectivity index (χ0n) is 16.1. The van der Waals surface area contributed by atoms with E-state index in [-0.39, 0.29) is 5.91 Å². The van der Waals surface area contributed by atoms with Crippen molar-refractivity contribution < 1.29 is 9.53 Å². The van der Waals surface area contributed by atoms with Gasteiger partial charge in [0.15, 0.2) is 0 Å². The van der Waals surface area contributed by atoms with Crippen LogP contribution in [0.25, 0.3) is 10.9 Å². The number of halogens is 1. The van der Waals surface area contributed by atoms with E-state index in [2.05, 4.69) is 37.1 Å². The molecule has 150 valence electrons. The zero-order valence-corrected chi connectivity index (χ0v) is 17.7. The molecule has 1 aromatic heterocycles. The third-order valence-electron chi connectivity index (χ3n) is 4.70. The molecule has 2 heterocycles. The minimum atomic E-state index is -0.0892.